The molecule has 0 aromatic heterocycles. The summed E-state index contributed by atoms with van der Waals surface area (Å²) >= 11 is 11.5. The van der Waals surface area contributed by atoms with E-state index in [0.717, 1.165) is 7.11 Å². The average Bonchev–Trinajstić information content (AvgIpc) is 2.33. The smallest absolute Gasteiger partial charge is 0.330 e. The number of aliphatic hydroxyl groups is 1. The van der Waals surface area contributed by atoms with Gasteiger partial charge in [-0.25, -0.2) is 9.59 Å². The number of carbonyl (C=O) groups excluding carboxylic acids is 2. The second-order valence-corrected chi connectivity index (χ2v) is 4.39. The first-order valence-corrected chi connectivity index (χ1v) is 5.94. The van der Waals surface area contributed by atoms with Crippen molar-refractivity contribution in [1.82, 2.24) is 5.32 Å². The Hall–Kier alpha value is -1.50. The molecule has 0 radical (unpaired) electrons. The molecule has 1 aromatic rings. The minimum absolute atomic E-state index is 0.356. The molecule has 0 fully saturated rings. The van der Waals surface area contributed by atoms with E-state index in [1.165, 1.54) is 18.2 Å². The van der Waals surface area contributed by atoms with Crippen LogP contribution in [0.25, 0.3) is 0 Å². The maximum Gasteiger partial charge on any atom is 0.330 e. The van der Waals surface area contributed by atoms with Crippen LogP contribution in [0.5, 0.6) is 0 Å². The number of hydrogen-bond acceptors (Lipinski definition) is 4. The van der Waals surface area contributed by atoms with Gasteiger partial charge < -0.3 is 20.5 Å². The molecule has 0 heterocycles. The third-order valence-electron chi connectivity index (χ3n) is 2.09. The number of esters is 1. The number of carbonyl (C=O) groups is 2. The highest BCUT2D eigenvalue weighted by Gasteiger charge is 2.20. The summed E-state index contributed by atoms with van der Waals surface area (Å²) in [6, 6.07) is 2.65. The number of rotatable bonds is 4. The van der Waals surface area contributed by atoms with Crippen LogP contribution >= 0.6 is 23.2 Å². The Kier molecular flexibility index (Phi) is 5.88. The van der Waals surface area contributed by atoms with Gasteiger partial charge in [0, 0.05) is 15.7 Å². The van der Waals surface area contributed by atoms with Gasteiger partial charge in [0.15, 0.2) is 6.04 Å². The fraction of sp³-hybridized carbons (Fsp3) is 0.273. The third kappa shape index (κ3) is 4.94. The first kappa shape index (κ1) is 15.6. The molecule has 6 nitrogen and oxygen atoms in total. The summed E-state index contributed by atoms with van der Waals surface area (Å²) in [4.78, 5) is 22.8. The molecule has 1 rings (SSSR count). The van der Waals surface area contributed by atoms with Crippen LogP contribution in [-0.4, -0.2) is 36.9 Å². The molecule has 1 atom stereocenters. The fourth-order valence-electron chi connectivity index (χ4n) is 1.27. The number of benzene rings is 1. The molecule has 0 aliphatic heterocycles. The standard InChI is InChI=1S/C11H12Cl2N2O4/c1-19-10(17)9(5-16)15-11(18)14-8-3-6(12)2-7(13)4-8/h2-4,9,16H,5H2,1H3,(H2,14,15,18). The Labute approximate surface area is 119 Å². The molecule has 3 N–H and O–H groups in total. The molecule has 0 saturated heterocycles. The molecule has 104 valence electrons. The lowest BCUT2D eigenvalue weighted by atomic mass is 10.3. The summed E-state index contributed by atoms with van der Waals surface area (Å²) in [5.74, 6) is -0.748. The van der Waals surface area contributed by atoms with E-state index < -0.39 is 24.6 Å². The summed E-state index contributed by atoms with van der Waals surface area (Å²) < 4.78 is 4.41. The van der Waals surface area contributed by atoms with Gasteiger partial charge in [-0.2, -0.15) is 0 Å². The third-order valence-corrected chi connectivity index (χ3v) is 2.53. The van der Waals surface area contributed by atoms with Crippen LogP contribution in [0.4, 0.5) is 10.5 Å². The summed E-state index contributed by atoms with van der Waals surface area (Å²) in [5, 5.41) is 14.3. The van der Waals surface area contributed by atoms with Crippen LogP contribution in [0.1, 0.15) is 0 Å². The van der Waals surface area contributed by atoms with Crippen molar-refractivity contribution in [2.75, 3.05) is 19.0 Å². The maximum atomic E-state index is 11.6. The number of aliphatic hydroxyl groups excluding tert-OH is 1. The van der Waals surface area contributed by atoms with Gasteiger partial charge >= 0.3 is 12.0 Å². The molecule has 1 aromatic carbocycles. The number of urea groups is 1. The minimum Gasteiger partial charge on any atom is -0.467 e. The Balaban J connectivity index is 2.66. The molecule has 2 amide bonds. The number of halogens is 2. The second kappa shape index (κ2) is 7.18. The predicted octanol–water partition coefficient (Wildman–Crippen LogP) is 1.65. The van der Waals surface area contributed by atoms with Gasteiger partial charge in [-0.1, -0.05) is 23.2 Å². The lowest BCUT2D eigenvalue weighted by molar-refractivity contribution is -0.143. The molecule has 0 saturated carbocycles. The lowest BCUT2D eigenvalue weighted by Crippen LogP contribution is -2.45. The van der Waals surface area contributed by atoms with Crippen LogP contribution in [0, 0.1) is 0 Å². The molecule has 0 bridgehead atoms. The highest BCUT2D eigenvalue weighted by atomic mass is 35.5. The van der Waals surface area contributed by atoms with Crippen molar-refractivity contribution in [2.45, 2.75) is 6.04 Å². The van der Waals surface area contributed by atoms with Crippen molar-refractivity contribution in [3.63, 3.8) is 0 Å². The highest BCUT2D eigenvalue weighted by molar-refractivity contribution is 6.35. The van der Waals surface area contributed by atoms with Crippen molar-refractivity contribution in [3.8, 4) is 0 Å². The zero-order valence-electron chi connectivity index (χ0n) is 9.94. The molecular formula is C11H12Cl2N2O4. The van der Waals surface area contributed by atoms with Gasteiger partial charge in [0.2, 0.25) is 0 Å². The minimum atomic E-state index is -1.14. The van der Waals surface area contributed by atoms with E-state index in [0.29, 0.717) is 15.7 Å². The van der Waals surface area contributed by atoms with Gasteiger partial charge in [0.1, 0.15) is 0 Å². The van der Waals surface area contributed by atoms with Crippen LogP contribution in [0.2, 0.25) is 10.0 Å². The molecule has 0 aliphatic carbocycles. The number of amides is 2. The van der Waals surface area contributed by atoms with Gasteiger partial charge in [0.25, 0.3) is 0 Å². The van der Waals surface area contributed by atoms with Gasteiger partial charge in [-0.05, 0) is 18.2 Å². The summed E-state index contributed by atoms with van der Waals surface area (Å²) in [5.41, 5.74) is 0.358. The fourth-order valence-corrected chi connectivity index (χ4v) is 1.80. The zero-order valence-corrected chi connectivity index (χ0v) is 11.5. The van der Waals surface area contributed by atoms with E-state index in [2.05, 4.69) is 15.4 Å². The van der Waals surface area contributed by atoms with Crippen molar-refractivity contribution >= 4 is 40.9 Å². The van der Waals surface area contributed by atoms with Gasteiger partial charge in [-0.15, -0.1) is 0 Å². The van der Waals surface area contributed by atoms with Crippen LogP contribution in [0.3, 0.4) is 0 Å². The molecular weight excluding hydrogens is 295 g/mol. The summed E-state index contributed by atoms with van der Waals surface area (Å²) in [7, 11) is 1.15. The van der Waals surface area contributed by atoms with Crippen molar-refractivity contribution in [2.24, 2.45) is 0 Å². The molecule has 0 spiro atoms. The van der Waals surface area contributed by atoms with Gasteiger partial charge in [0.05, 0.1) is 13.7 Å². The largest absolute Gasteiger partial charge is 0.467 e. The highest BCUT2D eigenvalue weighted by Crippen LogP contribution is 2.22. The molecule has 1 unspecified atom stereocenters. The quantitative estimate of drug-likeness (QED) is 0.738. The van der Waals surface area contributed by atoms with Crippen LogP contribution < -0.4 is 10.6 Å². The van der Waals surface area contributed by atoms with E-state index >= 15 is 0 Å². The number of anilines is 1. The first-order valence-electron chi connectivity index (χ1n) is 5.18. The number of nitrogens with one attached hydrogen (secondary N) is 2. The molecule has 19 heavy (non-hydrogen) atoms. The SMILES string of the molecule is COC(=O)C(CO)NC(=O)Nc1cc(Cl)cc(Cl)c1. The Morgan fingerprint density at radius 1 is 1.32 bits per heavy atom. The van der Waals surface area contributed by atoms with E-state index in [-0.39, 0.29) is 0 Å². The Bertz CT molecular complexity index is 462. The van der Waals surface area contributed by atoms with Crippen LogP contribution in [0.15, 0.2) is 18.2 Å². The maximum absolute atomic E-state index is 11.6. The molecule has 0 aliphatic rings. The van der Waals surface area contributed by atoms with Crippen molar-refractivity contribution in [1.29, 1.82) is 0 Å². The predicted molar refractivity (Wildman–Crippen MR) is 71.5 cm³/mol. The summed E-state index contributed by atoms with van der Waals surface area (Å²) in [6.07, 6.45) is 0. The number of hydrogen-bond donors (Lipinski definition) is 3. The van der Waals surface area contributed by atoms with Crippen molar-refractivity contribution < 1.29 is 19.4 Å². The normalized spacial score (nSPS) is 11.6. The molecule has 8 heteroatoms. The van der Waals surface area contributed by atoms with E-state index in [4.69, 9.17) is 28.3 Å². The zero-order chi connectivity index (χ0) is 14.4. The summed E-state index contributed by atoms with van der Waals surface area (Å²) in [6.45, 7) is -0.573. The average molecular weight is 307 g/mol. The van der Waals surface area contributed by atoms with Crippen molar-refractivity contribution in [3.05, 3.63) is 28.2 Å². The van der Waals surface area contributed by atoms with Crippen LogP contribution in [-0.2, 0) is 9.53 Å². The van der Waals surface area contributed by atoms with E-state index in [1.54, 1.807) is 0 Å². The lowest BCUT2D eigenvalue weighted by Gasteiger charge is -2.14. The van der Waals surface area contributed by atoms with E-state index in [9.17, 15) is 9.59 Å². The Morgan fingerprint density at radius 2 is 1.89 bits per heavy atom. The number of ether oxygens (including phenoxy) is 1. The monoisotopic (exact) mass is 306 g/mol. The topological polar surface area (TPSA) is 87.7 Å². The van der Waals surface area contributed by atoms with E-state index in [1.807, 2.05) is 0 Å². The first-order chi connectivity index (χ1) is 8.96. The number of methoxy groups -OCH3 is 1. The second-order valence-electron chi connectivity index (χ2n) is 3.51. The Morgan fingerprint density at radius 3 is 2.37 bits per heavy atom. The van der Waals surface area contributed by atoms with Gasteiger partial charge in [-0.3, -0.25) is 0 Å².